The van der Waals surface area contributed by atoms with Crippen LogP contribution in [0.15, 0.2) is 30.5 Å². The van der Waals surface area contributed by atoms with Gasteiger partial charge in [0.2, 0.25) is 0 Å². The average molecular weight is 274 g/mol. The molecule has 0 aliphatic carbocycles. The van der Waals surface area contributed by atoms with Crippen LogP contribution < -0.4 is 15.6 Å². The first-order chi connectivity index (χ1) is 9.72. The number of hydrogen-bond donors (Lipinski definition) is 4. The van der Waals surface area contributed by atoms with E-state index in [2.05, 4.69) is 22.8 Å². The van der Waals surface area contributed by atoms with Crippen LogP contribution in [0.3, 0.4) is 0 Å². The Morgan fingerprint density at radius 1 is 1.30 bits per heavy atom. The molecule has 6 heteroatoms. The number of carbonyl (C=O) groups is 1. The van der Waals surface area contributed by atoms with Crippen molar-refractivity contribution in [1.82, 2.24) is 15.4 Å². The number of quaternary nitrogens is 1. The number of carbonyl (C=O) groups excluding carboxylic acids is 1. The molecule has 2 amide bonds. The number of H-pyrrole nitrogens is 1. The molecule has 1 fully saturated rings. The highest BCUT2D eigenvalue weighted by molar-refractivity contribution is 6.00. The summed E-state index contributed by atoms with van der Waals surface area (Å²) >= 11 is 0. The maximum atomic E-state index is 12.0. The van der Waals surface area contributed by atoms with Gasteiger partial charge < -0.3 is 15.2 Å². The number of para-hydroxylation sites is 1. The topological polar surface area (TPSA) is 64.6 Å². The average Bonchev–Trinajstić information content (AvgIpc) is 2.85. The van der Waals surface area contributed by atoms with E-state index in [4.69, 9.17) is 0 Å². The summed E-state index contributed by atoms with van der Waals surface area (Å²) in [5, 5.41) is 5.88. The third kappa shape index (κ3) is 2.76. The number of likely N-dealkylation sites (N-methyl/N-ethyl adjacent to an activating group) is 1. The van der Waals surface area contributed by atoms with Gasteiger partial charge in [0.15, 0.2) is 0 Å². The first kappa shape index (κ1) is 13.0. The molecule has 1 aliphatic rings. The van der Waals surface area contributed by atoms with Crippen LogP contribution in [0.25, 0.3) is 10.9 Å². The van der Waals surface area contributed by atoms with Gasteiger partial charge in [-0.2, -0.15) is 0 Å². The van der Waals surface area contributed by atoms with Crippen LogP contribution in [-0.4, -0.2) is 49.3 Å². The largest absolute Gasteiger partial charge is 0.359 e. The predicted octanol–water partition coefficient (Wildman–Crippen LogP) is 0.0347. The molecule has 0 bridgehead atoms. The molecule has 1 aromatic heterocycles. The van der Waals surface area contributed by atoms with Crippen molar-refractivity contribution >= 4 is 22.6 Å². The van der Waals surface area contributed by atoms with Gasteiger partial charge in [-0.05, 0) is 6.07 Å². The lowest BCUT2D eigenvalue weighted by atomic mass is 10.2. The summed E-state index contributed by atoms with van der Waals surface area (Å²) < 4.78 is 0. The van der Waals surface area contributed by atoms with Crippen LogP contribution in [0.1, 0.15) is 0 Å². The van der Waals surface area contributed by atoms with Crippen molar-refractivity contribution in [1.29, 1.82) is 0 Å². The van der Waals surface area contributed by atoms with Crippen molar-refractivity contribution in [2.75, 3.05) is 38.5 Å². The fourth-order valence-electron chi connectivity index (χ4n) is 2.47. The van der Waals surface area contributed by atoms with Gasteiger partial charge in [0.25, 0.3) is 0 Å². The molecule has 2 heterocycles. The summed E-state index contributed by atoms with van der Waals surface area (Å²) in [5.41, 5.74) is 4.72. The number of piperazine rings is 1. The molecule has 0 unspecified atom stereocenters. The van der Waals surface area contributed by atoms with Gasteiger partial charge >= 0.3 is 6.03 Å². The maximum Gasteiger partial charge on any atom is 0.333 e. The molecule has 1 saturated heterocycles. The first-order valence-corrected chi connectivity index (χ1v) is 6.92. The van der Waals surface area contributed by atoms with Crippen molar-refractivity contribution < 1.29 is 9.69 Å². The molecule has 0 saturated carbocycles. The van der Waals surface area contributed by atoms with Gasteiger partial charge in [0, 0.05) is 17.1 Å². The number of hydrazine groups is 1. The fraction of sp³-hybridized carbons (Fsp3) is 0.357. The second-order valence-electron chi connectivity index (χ2n) is 5.26. The normalized spacial score (nSPS) is 17.2. The molecule has 0 radical (unpaired) electrons. The monoisotopic (exact) mass is 274 g/mol. The van der Waals surface area contributed by atoms with Crippen molar-refractivity contribution in [3.8, 4) is 0 Å². The smallest absolute Gasteiger partial charge is 0.333 e. The van der Waals surface area contributed by atoms with Gasteiger partial charge in [0.1, 0.15) is 0 Å². The summed E-state index contributed by atoms with van der Waals surface area (Å²) in [7, 11) is 2.17. The molecule has 1 aliphatic heterocycles. The molecule has 0 spiro atoms. The minimum Gasteiger partial charge on any atom is -0.359 e. The van der Waals surface area contributed by atoms with Crippen LogP contribution in [0.5, 0.6) is 0 Å². The van der Waals surface area contributed by atoms with E-state index in [1.54, 1.807) is 0 Å². The zero-order valence-electron chi connectivity index (χ0n) is 11.6. The van der Waals surface area contributed by atoms with Gasteiger partial charge in [0.05, 0.1) is 38.9 Å². The van der Waals surface area contributed by atoms with Gasteiger partial charge in [-0.3, -0.25) is 5.43 Å². The number of benzene rings is 1. The molecule has 4 N–H and O–H groups in total. The minimum atomic E-state index is -0.186. The molecule has 1 aromatic carbocycles. The molecular weight excluding hydrogens is 254 g/mol. The Labute approximate surface area is 117 Å². The lowest BCUT2D eigenvalue weighted by Gasteiger charge is -2.29. The fourth-order valence-corrected chi connectivity index (χ4v) is 2.47. The van der Waals surface area contributed by atoms with Gasteiger partial charge in [-0.15, -0.1) is 0 Å². The van der Waals surface area contributed by atoms with E-state index in [1.807, 2.05) is 35.5 Å². The Bertz CT molecular complexity index is 600. The third-order valence-corrected chi connectivity index (χ3v) is 3.71. The number of amides is 2. The molecule has 2 aromatic rings. The van der Waals surface area contributed by atoms with Gasteiger partial charge in [-0.1, -0.05) is 18.2 Å². The highest BCUT2D eigenvalue weighted by Crippen LogP contribution is 2.22. The molecular formula is C14H20N5O+. The second-order valence-corrected chi connectivity index (χ2v) is 5.26. The Kier molecular flexibility index (Phi) is 3.58. The summed E-state index contributed by atoms with van der Waals surface area (Å²) in [6.45, 7) is 3.86. The summed E-state index contributed by atoms with van der Waals surface area (Å²) in [4.78, 5) is 16.7. The number of urea groups is 1. The number of anilines is 1. The Morgan fingerprint density at radius 2 is 2.05 bits per heavy atom. The van der Waals surface area contributed by atoms with Crippen molar-refractivity contribution in [3.05, 3.63) is 30.5 Å². The summed E-state index contributed by atoms with van der Waals surface area (Å²) in [5.74, 6) is 0. The SMILES string of the molecule is C[NH+]1CCN(NC(=O)Nc2c[nH]c3ccccc23)CC1. The minimum absolute atomic E-state index is 0.186. The highest BCUT2D eigenvalue weighted by atomic mass is 16.2. The van der Waals surface area contributed by atoms with Gasteiger partial charge in [-0.25, -0.2) is 9.80 Å². The van der Waals surface area contributed by atoms with Crippen molar-refractivity contribution in [3.63, 3.8) is 0 Å². The van der Waals surface area contributed by atoms with Crippen LogP contribution in [0.2, 0.25) is 0 Å². The zero-order valence-corrected chi connectivity index (χ0v) is 11.6. The van der Waals surface area contributed by atoms with E-state index in [0.717, 1.165) is 42.8 Å². The number of nitrogens with one attached hydrogen (secondary N) is 4. The predicted molar refractivity (Wildman–Crippen MR) is 78.6 cm³/mol. The third-order valence-electron chi connectivity index (χ3n) is 3.71. The van der Waals surface area contributed by atoms with E-state index in [-0.39, 0.29) is 6.03 Å². The second kappa shape index (κ2) is 5.52. The Morgan fingerprint density at radius 3 is 2.85 bits per heavy atom. The highest BCUT2D eigenvalue weighted by Gasteiger charge is 2.18. The lowest BCUT2D eigenvalue weighted by Crippen LogP contribution is -3.12. The standard InChI is InChI=1S/C14H19N5O/c1-18-6-8-19(9-7-18)17-14(20)16-13-10-15-12-5-3-2-4-11(12)13/h2-5,10,15H,6-9H2,1H3,(H2,16,17,20)/p+1. The van der Waals surface area contributed by atoms with Crippen molar-refractivity contribution in [2.24, 2.45) is 0 Å². The lowest BCUT2D eigenvalue weighted by molar-refractivity contribution is -0.884. The van der Waals surface area contributed by atoms with Crippen molar-refractivity contribution in [2.45, 2.75) is 0 Å². The van der Waals surface area contributed by atoms with Crippen LogP contribution in [0, 0.1) is 0 Å². The molecule has 0 atom stereocenters. The maximum absolute atomic E-state index is 12.0. The van der Waals surface area contributed by atoms with Crippen LogP contribution in [0.4, 0.5) is 10.5 Å². The number of rotatable bonds is 2. The summed E-state index contributed by atoms with van der Waals surface area (Å²) in [6, 6.07) is 7.72. The van der Waals surface area contributed by atoms with E-state index >= 15 is 0 Å². The molecule has 106 valence electrons. The first-order valence-electron chi connectivity index (χ1n) is 6.92. The molecule has 6 nitrogen and oxygen atoms in total. The van der Waals surface area contributed by atoms with E-state index in [9.17, 15) is 4.79 Å². The Hall–Kier alpha value is -2.05. The summed E-state index contributed by atoms with van der Waals surface area (Å²) in [6.07, 6.45) is 1.82. The quantitative estimate of drug-likeness (QED) is 0.624. The van der Waals surface area contributed by atoms with E-state index in [0.29, 0.717) is 0 Å². The van der Waals surface area contributed by atoms with E-state index in [1.165, 1.54) is 4.90 Å². The molecule has 3 rings (SSSR count). The zero-order chi connectivity index (χ0) is 13.9. The number of fused-ring (bicyclic) bond motifs is 1. The number of aromatic amines is 1. The van der Waals surface area contributed by atoms with Crippen LogP contribution in [-0.2, 0) is 0 Å². The van der Waals surface area contributed by atoms with E-state index < -0.39 is 0 Å². The number of nitrogens with zero attached hydrogens (tertiary/aromatic N) is 1. The number of hydrogen-bond acceptors (Lipinski definition) is 2. The Balaban J connectivity index is 1.61. The number of aromatic nitrogens is 1. The molecule has 20 heavy (non-hydrogen) atoms. The van der Waals surface area contributed by atoms with Crippen LogP contribution >= 0.6 is 0 Å².